The summed E-state index contributed by atoms with van der Waals surface area (Å²) in [6.07, 6.45) is 0.720. The largest absolute Gasteiger partial charge is 0.394 e. The molecular weight excluding hydrogens is 418 g/mol. The molecule has 0 aliphatic carbocycles. The van der Waals surface area contributed by atoms with Gasteiger partial charge >= 0.3 is 0 Å². The number of anilines is 2. The molecule has 3 atom stereocenters. The Morgan fingerprint density at radius 1 is 0.676 bits per heavy atom. The highest BCUT2D eigenvalue weighted by molar-refractivity contribution is 5.85. The van der Waals surface area contributed by atoms with Crippen molar-refractivity contribution in [3.63, 3.8) is 0 Å². The molecule has 0 amide bonds. The van der Waals surface area contributed by atoms with Crippen molar-refractivity contribution in [2.45, 2.75) is 38.4 Å². The molecule has 4 rings (SSSR count). The predicted octanol–water partition coefficient (Wildman–Crippen LogP) is 5.46. The first kappa shape index (κ1) is 23.8. The van der Waals surface area contributed by atoms with Gasteiger partial charge in [-0.05, 0) is 37.0 Å². The molecular formula is C30H35N3O. The van der Waals surface area contributed by atoms with Gasteiger partial charge in [0.15, 0.2) is 0 Å². The van der Waals surface area contributed by atoms with Gasteiger partial charge in [0.1, 0.15) is 5.36 Å². The second-order valence-corrected chi connectivity index (χ2v) is 9.10. The van der Waals surface area contributed by atoms with Crippen molar-refractivity contribution in [1.82, 2.24) is 0 Å². The van der Waals surface area contributed by atoms with Crippen molar-refractivity contribution in [1.29, 1.82) is 0 Å². The maximum atomic E-state index is 10.1. The lowest BCUT2D eigenvalue weighted by atomic mass is 10.1. The zero-order valence-corrected chi connectivity index (χ0v) is 20.6. The summed E-state index contributed by atoms with van der Waals surface area (Å²) < 4.78 is 0. The number of benzene rings is 3. The summed E-state index contributed by atoms with van der Waals surface area (Å²) >= 11 is 0. The summed E-state index contributed by atoms with van der Waals surface area (Å²) in [7, 11) is 4.28. The van der Waals surface area contributed by atoms with E-state index in [0.29, 0.717) is 0 Å². The molecule has 0 fully saturated rings. The molecule has 4 nitrogen and oxygen atoms in total. The molecule has 0 saturated carbocycles. The first-order valence-electron chi connectivity index (χ1n) is 12.0. The number of hydrogen-bond donors (Lipinski definition) is 1. The molecule has 1 N–H and O–H groups in total. The zero-order valence-electron chi connectivity index (χ0n) is 20.6. The molecule has 0 saturated heterocycles. The fourth-order valence-electron chi connectivity index (χ4n) is 4.47. The van der Waals surface area contributed by atoms with E-state index in [4.69, 9.17) is 4.99 Å². The van der Waals surface area contributed by atoms with Gasteiger partial charge in [-0.2, -0.15) is 0 Å². The van der Waals surface area contributed by atoms with E-state index in [-0.39, 0.29) is 24.7 Å². The second-order valence-electron chi connectivity index (χ2n) is 9.10. The minimum atomic E-state index is -0.175. The topological polar surface area (TPSA) is 39.1 Å². The Labute approximate surface area is 203 Å². The highest BCUT2D eigenvalue weighted by Gasteiger charge is 2.32. The summed E-state index contributed by atoms with van der Waals surface area (Å²) in [6.45, 7) is 4.48. The maximum Gasteiger partial charge on any atom is 0.109 e. The van der Waals surface area contributed by atoms with Gasteiger partial charge in [-0.15, -0.1) is 0 Å². The molecule has 0 unspecified atom stereocenters. The molecule has 0 radical (unpaired) electrons. The van der Waals surface area contributed by atoms with Crippen LogP contribution in [0.2, 0.25) is 0 Å². The van der Waals surface area contributed by atoms with E-state index < -0.39 is 0 Å². The smallest absolute Gasteiger partial charge is 0.109 e. The van der Waals surface area contributed by atoms with Gasteiger partial charge in [0, 0.05) is 14.1 Å². The summed E-state index contributed by atoms with van der Waals surface area (Å²) in [5.41, 5.74) is 6.04. The van der Waals surface area contributed by atoms with Crippen LogP contribution in [0.25, 0.3) is 0 Å². The molecule has 4 aromatic rings. The Hall–Kier alpha value is -3.37. The van der Waals surface area contributed by atoms with Crippen LogP contribution in [0.4, 0.5) is 11.4 Å². The quantitative estimate of drug-likeness (QED) is 0.346. The molecule has 4 aromatic carbocycles. The van der Waals surface area contributed by atoms with E-state index >= 15 is 0 Å². The lowest BCUT2D eigenvalue weighted by molar-refractivity contribution is 0.264. The molecule has 0 bridgehead atoms. The monoisotopic (exact) mass is 453 g/mol. The minimum absolute atomic E-state index is 0.0227. The lowest BCUT2D eigenvalue weighted by Crippen LogP contribution is -2.22. The van der Waals surface area contributed by atoms with Crippen molar-refractivity contribution >= 4 is 11.4 Å². The van der Waals surface area contributed by atoms with Gasteiger partial charge in [-0.3, -0.25) is 4.99 Å². The Morgan fingerprint density at radius 2 is 1.09 bits per heavy atom. The van der Waals surface area contributed by atoms with Gasteiger partial charge < -0.3 is 14.9 Å². The van der Waals surface area contributed by atoms with Gasteiger partial charge in [-0.1, -0.05) is 91.0 Å². The maximum absolute atomic E-state index is 10.1. The van der Waals surface area contributed by atoms with E-state index in [9.17, 15) is 5.11 Å². The Morgan fingerprint density at radius 3 is 1.50 bits per heavy atom. The molecule has 0 aliphatic rings. The van der Waals surface area contributed by atoms with Crippen LogP contribution in [0.15, 0.2) is 96.0 Å². The molecule has 4 heteroatoms. The van der Waals surface area contributed by atoms with E-state index in [1.54, 1.807) is 0 Å². The second kappa shape index (κ2) is 10.7. The average Bonchev–Trinajstić information content (AvgIpc) is 3.61. The number of hydrogen-bond acceptors (Lipinski definition) is 4. The standard InChI is InChI=1S/C30H35N3O/c1-22(25-16-10-6-11-17-25)32(3)29-28(31-27(21-34)20-24-14-8-5-9-15-24)30(29)33(4)23(2)26-18-12-7-13-19-26/h5-19,22-23,27,34H,20-21H2,1-4H3/t22-,23-,27-/m0/s1. The number of aliphatic hydroxyl groups is 1. The molecule has 0 heterocycles. The summed E-state index contributed by atoms with van der Waals surface area (Å²) in [6, 6.07) is 31.6. The van der Waals surface area contributed by atoms with E-state index in [0.717, 1.165) is 23.2 Å². The third-order valence-corrected chi connectivity index (χ3v) is 6.88. The zero-order chi connectivity index (χ0) is 24.1. The number of aliphatic hydroxyl groups excluding tert-OH is 1. The molecule has 0 aromatic heterocycles. The fraction of sp³-hybridized carbons (Fsp3) is 0.300. The van der Waals surface area contributed by atoms with Gasteiger partial charge in [0.05, 0.1) is 36.1 Å². The lowest BCUT2D eigenvalue weighted by Gasteiger charge is -2.27. The normalized spacial score (nSPS) is 13.9. The first-order valence-corrected chi connectivity index (χ1v) is 12.0. The van der Waals surface area contributed by atoms with Crippen LogP contribution < -0.4 is 15.2 Å². The van der Waals surface area contributed by atoms with Crippen molar-refractivity contribution in [2.24, 2.45) is 4.99 Å². The summed E-state index contributed by atoms with van der Waals surface area (Å²) in [4.78, 5) is 9.70. The van der Waals surface area contributed by atoms with E-state index in [2.05, 4.69) is 111 Å². The van der Waals surface area contributed by atoms with E-state index in [1.807, 2.05) is 18.2 Å². The molecule has 0 aliphatic heterocycles. The SMILES string of the molecule is C[C@@H](c1ccccc1)N(C)c1c(N(C)[C@@H](C)c2ccccc2)c1=N[C@H](CO)Cc1ccccc1. The van der Waals surface area contributed by atoms with Crippen molar-refractivity contribution in [3.05, 3.63) is 113 Å². The average molecular weight is 454 g/mol. The third kappa shape index (κ3) is 5.23. The number of nitrogens with zero attached hydrogens (tertiary/aromatic N) is 3. The van der Waals surface area contributed by atoms with Crippen molar-refractivity contribution in [3.8, 4) is 0 Å². The van der Waals surface area contributed by atoms with Crippen molar-refractivity contribution in [2.75, 3.05) is 30.5 Å². The summed E-state index contributed by atoms with van der Waals surface area (Å²) in [5.74, 6) is 0. The minimum Gasteiger partial charge on any atom is -0.394 e. The predicted molar refractivity (Wildman–Crippen MR) is 142 cm³/mol. The van der Waals surface area contributed by atoms with Crippen LogP contribution in [0.5, 0.6) is 0 Å². The van der Waals surface area contributed by atoms with Crippen LogP contribution in [-0.2, 0) is 6.42 Å². The highest BCUT2D eigenvalue weighted by atomic mass is 16.3. The summed E-state index contributed by atoms with van der Waals surface area (Å²) in [5, 5.41) is 11.1. The third-order valence-electron chi connectivity index (χ3n) is 6.88. The van der Waals surface area contributed by atoms with Gasteiger partial charge in [0.25, 0.3) is 0 Å². The van der Waals surface area contributed by atoms with Crippen LogP contribution in [-0.4, -0.2) is 31.9 Å². The Balaban J connectivity index is 1.67. The van der Waals surface area contributed by atoms with Crippen molar-refractivity contribution < 1.29 is 5.11 Å². The van der Waals surface area contributed by atoms with Crippen LogP contribution >= 0.6 is 0 Å². The Bertz CT molecular complexity index is 1110. The van der Waals surface area contributed by atoms with E-state index in [1.165, 1.54) is 16.7 Å². The van der Waals surface area contributed by atoms with Gasteiger partial charge in [0.2, 0.25) is 0 Å². The highest BCUT2D eigenvalue weighted by Crippen LogP contribution is 2.39. The molecule has 176 valence electrons. The van der Waals surface area contributed by atoms with Gasteiger partial charge in [-0.25, -0.2) is 0 Å². The molecule has 0 spiro atoms. The fourth-order valence-corrected chi connectivity index (χ4v) is 4.47. The van der Waals surface area contributed by atoms with Crippen LogP contribution in [0, 0.1) is 0 Å². The first-order chi connectivity index (χ1) is 16.5. The molecule has 34 heavy (non-hydrogen) atoms. The number of rotatable bonds is 10. The van der Waals surface area contributed by atoms with Crippen LogP contribution in [0.1, 0.15) is 42.6 Å². The Kier molecular flexibility index (Phi) is 7.49. The van der Waals surface area contributed by atoms with Crippen LogP contribution in [0.3, 0.4) is 0 Å².